The number of carbonyl (C=O) groups excluding carboxylic acids is 2. The zero-order valence-corrected chi connectivity index (χ0v) is 9.61. The van der Waals surface area contributed by atoms with E-state index < -0.39 is 12.1 Å². The van der Waals surface area contributed by atoms with Crippen molar-refractivity contribution in [3.8, 4) is 0 Å². The molecule has 0 heterocycles. The van der Waals surface area contributed by atoms with Gasteiger partial charge in [-0.25, -0.2) is 0 Å². The van der Waals surface area contributed by atoms with Crippen molar-refractivity contribution in [2.45, 2.75) is 26.9 Å². The molecule has 0 fully saturated rings. The molecule has 1 aromatic rings. The third kappa shape index (κ3) is 3.73. The first-order chi connectivity index (χ1) is 7.49. The maximum atomic E-state index is 11.5. The number of esters is 1. The Balaban J connectivity index is 2.57. The Morgan fingerprint density at radius 2 is 1.81 bits per heavy atom. The summed E-state index contributed by atoms with van der Waals surface area (Å²) in [7, 11) is 0. The number of rotatable bonds is 3. The monoisotopic (exact) mass is 221 g/mol. The number of aryl methyl sites for hydroxylation is 1. The van der Waals surface area contributed by atoms with Gasteiger partial charge in [-0.3, -0.25) is 9.59 Å². The summed E-state index contributed by atoms with van der Waals surface area (Å²) in [6.07, 6.45) is -0.779. The highest BCUT2D eigenvalue weighted by molar-refractivity contribution is 5.94. The van der Waals surface area contributed by atoms with Gasteiger partial charge in [-0.05, 0) is 26.0 Å². The largest absolute Gasteiger partial charge is 0.453 e. The van der Waals surface area contributed by atoms with Crippen LogP contribution in [0.5, 0.6) is 0 Å². The molecule has 0 spiro atoms. The maximum Gasteiger partial charge on any atom is 0.303 e. The van der Waals surface area contributed by atoms with Crippen molar-refractivity contribution in [2.75, 3.05) is 5.32 Å². The Morgan fingerprint density at radius 3 is 2.31 bits per heavy atom. The van der Waals surface area contributed by atoms with Crippen molar-refractivity contribution >= 4 is 17.6 Å². The summed E-state index contributed by atoms with van der Waals surface area (Å²) < 4.78 is 4.76. The molecule has 1 atom stereocenters. The van der Waals surface area contributed by atoms with E-state index in [1.54, 1.807) is 12.1 Å². The van der Waals surface area contributed by atoms with Crippen LogP contribution in [-0.4, -0.2) is 18.0 Å². The fraction of sp³-hybridized carbons (Fsp3) is 0.333. The van der Waals surface area contributed by atoms with Gasteiger partial charge in [0.2, 0.25) is 0 Å². The summed E-state index contributed by atoms with van der Waals surface area (Å²) in [5.41, 5.74) is 1.81. The summed E-state index contributed by atoms with van der Waals surface area (Å²) in [5.74, 6) is -0.800. The number of anilines is 1. The minimum absolute atomic E-state index is 0.334. The lowest BCUT2D eigenvalue weighted by Gasteiger charge is -2.12. The molecular formula is C12H15NO3. The molecule has 0 saturated heterocycles. The van der Waals surface area contributed by atoms with Gasteiger partial charge in [0.1, 0.15) is 0 Å². The average molecular weight is 221 g/mol. The van der Waals surface area contributed by atoms with E-state index in [2.05, 4.69) is 5.32 Å². The molecule has 0 aliphatic rings. The fourth-order valence-corrected chi connectivity index (χ4v) is 1.18. The van der Waals surface area contributed by atoms with Gasteiger partial charge in [0.25, 0.3) is 5.91 Å². The Morgan fingerprint density at radius 1 is 1.25 bits per heavy atom. The van der Waals surface area contributed by atoms with E-state index in [-0.39, 0.29) is 5.91 Å². The maximum absolute atomic E-state index is 11.5. The zero-order chi connectivity index (χ0) is 12.1. The molecule has 0 saturated carbocycles. The van der Waals surface area contributed by atoms with Crippen LogP contribution in [0.3, 0.4) is 0 Å². The first kappa shape index (κ1) is 12.2. The molecule has 1 unspecified atom stereocenters. The van der Waals surface area contributed by atoms with Gasteiger partial charge in [-0.2, -0.15) is 0 Å². The van der Waals surface area contributed by atoms with E-state index in [1.165, 1.54) is 13.8 Å². The summed E-state index contributed by atoms with van der Waals surface area (Å²) >= 11 is 0. The van der Waals surface area contributed by atoms with Crippen LogP contribution < -0.4 is 5.32 Å². The average Bonchev–Trinajstić information content (AvgIpc) is 2.20. The van der Waals surface area contributed by atoms with E-state index in [4.69, 9.17) is 4.74 Å². The molecule has 0 radical (unpaired) electrons. The van der Waals surface area contributed by atoms with Crippen molar-refractivity contribution in [1.29, 1.82) is 0 Å². The van der Waals surface area contributed by atoms with Crippen molar-refractivity contribution in [3.05, 3.63) is 29.8 Å². The molecule has 0 aliphatic carbocycles. The standard InChI is InChI=1S/C12H15NO3/c1-8-4-6-11(7-5-8)13-12(15)9(2)16-10(3)14/h4-7,9H,1-3H3,(H,13,15). The number of carbonyl (C=O) groups is 2. The molecule has 0 bridgehead atoms. The van der Waals surface area contributed by atoms with Crippen molar-refractivity contribution in [3.63, 3.8) is 0 Å². The van der Waals surface area contributed by atoms with Crippen molar-refractivity contribution in [1.82, 2.24) is 0 Å². The second-order valence-corrected chi connectivity index (χ2v) is 3.61. The third-order valence-corrected chi connectivity index (χ3v) is 2.03. The smallest absolute Gasteiger partial charge is 0.303 e. The lowest BCUT2D eigenvalue weighted by molar-refractivity contribution is -0.150. The highest BCUT2D eigenvalue weighted by Crippen LogP contribution is 2.09. The van der Waals surface area contributed by atoms with E-state index in [1.807, 2.05) is 19.1 Å². The van der Waals surface area contributed by atoms with E-state index >= 15 is 0 Å². The number of hydrogen-bond acceptors (Lipinski definition) is 3. The number of hydrogen-bond donors (Lipinski definition) is 1. The molecule has 4 nitrogen and oxygen atoms in total. The van der Waals surface area contributed by atoms with Crippen molar-refractivity contribution < 1.29 is 14.3 Å². The molecule has 0 aliphatic heterocycles. The lowest BCUT2D eigenvalue weighted by Crippen LogP contribution is -2.29. The predicted octanol–water partition coefficient (Wildman–Crippen LogP) is 1.89. The van der Waals surface area contributed by atoms with E-state index in [0.717, 1.165) is 5.56 Å². The first-order valence-corrected chi connectivity index (χ1v) is 5.04. The van der Waals surface area contributed by atoms with Gasteiger partial charge in [-0.15, -0.1) is 0 Å². The van der Waals surface area contributed by atoms with Crippen LogP contribution in [0.15, 0.2) is 24.3 Å². The van der Waals surface area contributed by atoms with Gasteiger partial charge >= 0.3 is 5.97 Å². The molecule has 1 N–H and O–H groups in total. The summed E-state index contributed by atoms with van der Waals surface area (Å²) in [6.45, 7) is 4.77. The van der Waals surface area contributed by atoms with E-state index in [9.17, 15) is 9.59 Å². The Bertz CT molecular complexity index is 384. The lowest BCUT2D eigenvalue weighted by atomic mass is 10.2. The zero-order valence-electron chi connectivity index (χ0n) is 9.61. The molecule has 1 amide bonds. The van der Waals surface area contributed by atoms with Crippen molar-refractivity contribution in [2.24, 2.45) is 0 Å². The van der Waals surface area contributed by atoms with Crippen LogP contribution in [0.2, 0.25) is 0 Å². The molecule has 4 heteroatoms. The third-order valence-electron chi connectivity index (χ3n) is 2.03. The minimum atomic E-state index is -0.779. The number of nitrogens with one attached hydrogen (secondary N) is 1. The molecule has 1 aromatic carbocycles. The molecular weight excluding hydrogens is 206 g/mol. The van der Waals surface area contributed by atoms with Crippen LogP contribution in [0.25, 0.3) is 0 Å². The summed E-state index contributed by atoms with van der Waals surface area (Å²) in [5, 5.41) is 2.66. The normalized spacial score (nSPS) is 11.7. The second kappa shape index (κ2) is 5.30. The van der Waals surface area contributed by atoms with Crippen LogP contribution in [0.1, 0.15) is 19.4 Å². The topological polar surface area (TPSA) is 55.4 Å². The van der Waals surface area contributed by atoms with Crippen LogP contribution in [-0.2, 0) is 14.3 Å². The highest BCUT2D eigenvalue weighted by Gasteiger charge is 2.15. The Labute approximate surface area is 94.6 Å². The predicted molar refractivity (Wildman–Crippen MR) is 61.0 cm³/mol. The molecule has 86 valence electrons. The SMILES string of the molecule is CC(=O)OC(C)C(=O)Nc1ccc(C)cc1. The van der Waals surface area contributed by atoms with Gasteiger partial charge < -0.3 is 10.1 Å². The first-order valence-electron chi connectivity index (χ1n) is 5.04. The molecule has 0 aromatic heterocycles. The molecule has 1 rings (SSSR count). The Hall–Kier alpha value is -1.84. The van der Waals surface area contributed by atoms with Gasteiger partial charge in [0.15, 0.2) is 6.10 Å². The van der Waals surface area contributed by atoms with Gasteiger partial charge in [-0.1, -0.05) is 17.7 Å². The summed E-state index contributed by atoms with van der Waals surface area (Å²) in [4.78, 5) is 22.2. The van der Waals surface area contributed by atoms with Gasteiger partial charge in [0.05, 0.1) is 0 Å². The van der Waals surface area contributed by atoms with Crippen LogP contribution >= 0.6 is 0 Å². The number of benzene rings is 1. The number of ether oxygens (including phenoxy) is 1. The highest BCUT2D eigenvalue weighted by atomic mass is 16.5. The number of amides is 1. The minimum Gasteiger partial charge on any atom is -0.453 e. The van der Waals surface area contributed by atoms with Crippen LogP contribution in [0.4, 0.5) is 5.69 Å². The van der Waals surface area contributed by atoms with Gasteiger partial charge in [0, 0.05) is 12.6 Å². The quantitative estimate of drug-likeness (QED) is 0.793. The van der Waals surface area contributed by atoms with Crippen LogP contribution in [0, 0.1) is 6.92 Å². The molecule has 16 heavy (non-hydrogen) atoms. The Kier molecular flexibility index (Phi) is 4.05. The van der Waals surface area contributed by atoms with E-state index in [0.29, 0.717) is 5.69 Å². The summed E-state index contributed by atoms with van der Waals surface area (Å²) in [6, 6.07) is 7.39. The fourth-order valence-electron chi connectivity index (χ4n) is 1.18. The second-order valence-electron chi connectivity index (χ2n) is 3.61.